The van der Waals surface area contributed by atoms with Crippen LogP contribution in [0.2, 0.25) is 0 Å². The average molecular weight is 143 g/mol. The third-order valence-electron chi connectivity index (χ3n) is 1.29. The molecular formula is C6H9NO3. The molecule has 4 nitrogen and oxygen atoms in total. The number of hydroxylamine groups is 2. The molecule has 4 heteroatoms. The molecule has 0 N–H and O–H groups in total. The van der Waals surface area contributed by atoms with Crippen LogP contribution in [0.5, 0.6) is 0 Å². The molecule has 0 spiro atoms. The van der Waals surface area contributed by atoms with Crippen molar-refractivity contribution in [3.8, 4) is 0 Å². The molecule has 0 aliphatic carbocycles. The summed E-state index contributed by atoms with van der Waals surface area (Å²) in [5.74, 6) is -0.203. The van der Waals surface area contributed by atoms with Gasteiger partial charge in [-0.15, -0.1) is 5.06 Å². The highest BCUT2D eigenvalue weighted by molar-refractivity contribution is 5.70. The van der Waals surface area contributed by atoms with Crippen LogP contribution in [-0.4, -0.2) is 30.4 Å². The molecule has 0 unspecified atom stereocenters. The Kier molecular flexibility index (Phi) is 2.39. The van der Waals surface area contributed by atoms with Gasteiger partial charge in [0.05, 0.1) is 6.42 Å². The van der Waals surface area contributed by atoms with Crippen LogP contribution < -0.4 is 0 Å². The van der Waals surface area contributed by atoms with Gasteiger partial charge in [-0.1, -0.05) is 0 Å². The second kappa shape index (κ2) is 3.31. The van der Waals surface area contributed by atoms with Gasteiger partial charge in [0.15, 0.2) is 0 Å². The molecule has 1 fully saturated rings. The first-order valence-corrected chi connectivity index (χ1v) is 3.22. The van der Waals surface area contributed by atoms with Gasteiger partial charge < -0.3 is 9.63 Å². The summed E-state index contributed by atoms with van der Waals surface area (Å²) in [6.45, 7) is 1.14. The molecule has 0 bridgehead atoms. The summed E-state index contributed by atoms with van der Waals surface area (Å²) >= 11 is 0. The highest BCUT2D eigenvalue weighted by Crippen LogP contribution is 2.05. The summed E-state index contributed by atoms with van der Waals surface area (Å²) in [5.41, 5.74) is 0. The van der Waals surface area contributed by atoms with Crippen molar-refractivity contribution >= 4 is 12.3 Å². The number of rotatable bonds is 3. The van der Waals surface area contributed by atoms with E-state index < -0.39 is 0 Å². The minimum atomic E-state index is -0.203. The molecule has 1 rings (SSSR count). The van der Waals surface area contributed by atoms with Crippen molar-refractivity contribution in [3.05, 3.63) is 0 Å². The fraction of sp³-hybridized carbons (Fsp3) is 0.667. The Morgan fingerprint density at radius 1 is 1.70 bits per heavy atom. The molecule has 0 amide bonds. The third kappa shape index (κ3) is 1.80. The zero-order valence-corrected chi connectivity index (χ0v) is 5.58. The van der Waals surface area contributed by atoms with Crippen molar-refractivity contribution in [1.82, 2.24) is 5.06 Å². The molecular weight excluding hydrogens is 134 g/mol. The molecule has 1 aliphatic rings. The van der Waals surface area contributed by atoms with E-state index in [1.807, 2.05) is 0 Å². The van der Waals surface area contributed by atoms with Crippen LogP contribution in [0.1, 0.15) is 12.8 Å². The quantitative estimate of drug-likeness (QED) is 0.510. The Balaban J connectivity index is 2.18. The minimum Gasteiger partial charge on any atom is -0.368 e. The van der Waals surface area contributed by atoms with E-state index in [1.54, 1.807) is 0 Å². The number of aldehydes is 1. The van der Waals surface area contributed by atoms with Crippen LogP contribution in [0, 0.1) is 0 Å². The first-order chi connectivity index (χ1) is 4.83. The smallest absolute Gasteiger partial charge is 0.326 e. The largest absolute Gasteiger partial charge is 0.368 e. The first kappa shape index (κ1) is 7.21. The van der Waals surface area contributed by atoms with Crippen LogP contribution in [0.3, 0.4) is 0 Å². The van der Waals surface area contributed by atoms with Gasteiger partial charge >= 0.3 is 5.97 Å². The van der Waals surface area contributed by atoms with Gasteiger partial charge in [0, 0.05) is 19.5 Å². The van der Waals surface area contributed by atoms with Crippen LogP contribution in [0.25, 0.3) is 0 Å². The summed E-state index contributed by atoms with van der Waals surface area (Å²) in [4.78, 5) is 25.0. The zero-order valence-electron chi connectivity index (χ0n) is 5.58. The molecule has 56 valence electrons. The number of hydrogen-bond acceptors (Lipinski definition) is 4. The van der Waals surface area contributed by atoms with Crippen LogP contribution in [-0.2, 0) is 14.4 Å². The molecule has 0 radical (unpaired) electrons. The van der Waals surface area contributed by atoms with Gasteiger partial charge in [0.2, 0.25) is 0 Å². The van der Waals surface area contributed by atoms with Crippen LogP contribution in [0.15, 0.2) is 0 Å². The lowest BCUT2D eigenvalue weighted by Crippen LogP contribution is -2.19. The maximum absolute atomic E-state index is 10.5. The highest BCUT2D eigenvalue weighted by Gasteiger charge is 2.19. The van der Waals surface area contributed by atoms with Crippen molar-refractivity contribution < 1.29 is 14.4 Å². The maximum Gasteiger partial charge on any atom is 0.326 e. The van der Waals surface area contributed by atoms with Gasteiger partial charge in [-0.2, -0.15) is 0 Å². The summed E-state index contributed by atoms with van der Waals surface area (Å²) in [7, 11) is 0. The topological polar surface area (TPSA) is 46.6 Å². The van der Waals surface area contributed by atoms with E-state index >= 15 is 0 Å². The lowest BCUT2D eigenvalue weighted by molar-refractivity contribution is -0.170. The molecule has 0 atom stereocenters. The Bertz CT molecular complexity index is 146. The molecule has 1 aliphatic heterocycles. The van der Waals surface area contributed by atoms with E-state index in [1.165, 1.54) is 5.06 Å². The SMILES string of the molecule is O=CCCN1CCC(=O)O1. The Morgan fingerprint density at radius 2 is 2.50 bits per heavy atom. The number of hydrogen-bond donors (Lipinski definition) is 0. The molecule has 0 aromatic carbocycles. The molecule has 0 aromatic rings. The second-order valence-corrected chi connectivity index (χ2v) is 2.10. The molecule has 10 heavy (non-hydrogen) atoms. The second-order valence-electron chi connectivity index (χ2n) is 2.10. The summed E-state index contributed by atoms with van der Waals surface area (Å²) in [5, 5.41) is 1.51. The van der Waals surface area contributed by atoms with E-state index in [4.69, 9.17) is 4.84 Å². The fourth-order valence-electron chi connectivity index (χ4n) is 0.805. The van der Waals surface area contributed by atoms with E-state index in [0.29, 0.717) is 25.9 Å². The van der Waals surface area contributed by atoms with E-state index in [9.17, 15) is 9.59 Å². The lowest BCUT2D eigenvalue weighted by Gasteiger charge is -2.08. The van der Waals surface area contributed by atoms with Gasteiger partial charge in [-0.25, -0.2) is 0 Å². The minimum absolute atomic E-state index is 0.203. The van der Waals surface area contributed by atoms with Crippen molar-refractivity contribution in [3.63, 3.8) is 0 Å². The summed E-state index contributed by atoms with van der Waals surface area (Å²) < 4.78 is 0. The highest BCUT2D eigenvalue weighted by atomic mass is 16.7. The lowest BCUT2D eigenvalue weighted by atomic mass is 10.4. The fourth-order valence-corrected chi connectivity index (χ4v) is 0.805. The number of carbonyl (C=O) groups excluding carboxylic acids is 2. The first-order valence-electron chi connectivity index (χ1n) is 3.22. The normalized spacial score (nSPS) is 19.0. The summed E-state index contributed by atoms with van der Waals surface area (Å²) in [6, 6.07) is 0. The Hall–Kier alpha value is -0.900. The third-order valence-corrected chi connectivity index (χ3v) is 1.29. The zero-order chi connectivity index (χ0) is 7.40. The predicted octanol–water partition coefficient (Wildman–Crippen LogP) is -0.261. The maximum atomic E-state index is 10.5. The number of nitrogens with zero attached hydrogens (tertiary/aromatic N) is 1. The molecule has 1 heterocycles. The monoisotopic (exact) mass is 143 g/mol. The molecule has 0 aromatic heterocycles. The van der Waals surface area contributed by atoms with E-state index in [-0.39, 0.29) is 5.97 Å². The van der Waals surface area contributed by atoms with Crippen molar-refractivity contribution in [2.24, 2.45) is 0 Å². The van der Waals surface area contributed by atoms with Crippen LogP contribution >= 0.6 is 0 Å². The van der Waals surface area contributed by atoms with Gasteiger partial charge in [0.25, 0.3) is 0 Å². The predicted molar refractivity (Wildman–Crippen MR) is 33.0 cm³/mol. The van der Waals surface area contributed by atoms with E-state index in [2.05, 4.69) is 0 Å². The van der Waals surface area contributed by atoms with Crippen LogP contribution in [0.4, 0.5) is 0 Å². The van der Waals surface area contributed by atoms with Crippen molar-refractivity contribution in [2.75, 3.05) is 13.1 Å². The Morgan fingerprint density at radius 3 is 3.00 bits per heavy atom. The number of carbonyl (C=O) groups is 2. The average Bonchev–Trinajstić information content (AvgIpc) is 2.31. The molecule has 0 saturated carbocycles. The standard InChI is InChI=1S/C6H9NO3/c8-5-1-3-7-4-2-6(9)10-7/h5H,1-4H2. The molecule has 1 saturated heterocycles. The van der Waals surface area contributed by atoms with Gasteiger partial charge in [-0.05, 0) is 0 Å². The Labute approximate surface area is 58.7 Å². The van der Waals surface area contributed by atoms with Crippen molar-refractivity contribution in [2.45, 2.75) is 12.8 Å². The van der Waals surface area contributed by atoms with E-state index in [0.717, 1.165) is 6.29 Å². The van der Waals surface area contributed by atoms with Gasteiger partial charge in [-0.3, -0.25) is 4.79 Å². The summed E-state index contributed by atoms with van der Waals surface area (Å²) in [6.07, 6.45) is 1.68. The van der Waals surface area contributed by atoms with Crippen molar-refractivity contribution in [1.29, 1.82) is 0 Å². The van der Waals surface area contributed by atoms with Gasteiger partial charge in [0.1, 0.15) is 6.29 Å².